The standard InChI is InChI=1S/C12H16N2O3/c1-8-5-10(12(15)16)6-13-11(8)14-3-4-17-7-9(14)2/h5-6,9H,3-4,7H2,1-2H3,(H,15,16). The molecule has 1 fully saturated rings. The van der Waals surface area contributed by atoms with E-state index in [-0.39, 0.29) is 11.6 Å². The number of aromatic carboxylic acids is 1. The van der Waals surface area contributed by atoms with Gasteiger partial charge in [0.15, 0.2) is 0 Å². The molecule has 1 N–H and O–H groups in total. The number of hydrogen-bond acceptors (Lipinski definition) is 4. The molecule has 0 aromatic carbocycles. The van der Waals surface area contributed by atoms with Gasteiger partial charge < -0.3 is 14.7 Å². The van der Waals surface area contributed by atoms with Crippen LogP contribution in [0.5, 0.6) is 0 Å². The Morgan fingerprint density at radius 2 is 2.41 bits per heavy atom. The first-order valence-electron chi connectivity index (χ1n) is 5.64. The molecule has 17 heavy (non-hydrogen) atoms. The molecule has 5 heteroatoms. The maximum absolute atomic E-state index is 10.8. The summed E-state index contributed by atoms with van der Waals surface area (Å²) >= 11 is 0. The second-order valence-electron chi connectivity index (χ2n) is 4.29. The van der Waals surface area contributed by atoms with Gasteiger partial charge in [0.25, 0.3) is 0 Å². The van der Waals surface area contributed by atoms with E-state index in [0.717, 1.165) is 17.9 Å². The number of aromatic nitrogens is 1. The average Bonchev–Trinajstić information content (AvgIpc) is 2.30. The molecule has 0 aliphatic carbocycles. The molecule has 0 bridgehead atoms. The number of hydrogen-bond donors (Lipinski definition) is 1. The fourth-order valence-corrected chi connectivity index (χ4v) is 2.03. The van der Waals surface area contributed by atoms with Crippen LogP contribution in [0.4, 0.5) is 5.82 Å². The van der Waals surface area contributed by atoms with Crippen LogP contribution in [0, 0.1) is 6.92 Å². The molecule has 1 aromatic rings. The van der Waals surface area contributed by atoms with Crippen LogP contribution >= 0.6 is 0 Å². The zero-order chi connectivity index (χ0) is 12.4. The molecule has 0 saturated carbocycles. The largest absolute Gasteiger partial charge is 0.478 e. The van der Waals surface area contributed by atoms with E-state index in [9.17, 15) is 4.79 Å². The van der Waals surface area contributed by atoms with Crippen molar-refractivity contribution in [2.45, 2.75) is 19.9 Å². The molecule has 0 radical (unpaired) electrons. The molecule has 5 nitrogen and oxygen atoms in total. The van der Waals surface area contributed by atoms with Crippen molar-refractivity contribution in [3.05, 3.63) is 23.4 Å². The summed E-state index contributed by atoms with van der Waals surface area (Å²) in [4.78, 5) is 17.3. The van der Waals surface area contributed by atoms with E-state index in [1.54, 1.807) is 6.07 Å². The fraction of sp³-hybridized carbons (Fsp3) is 0.500. The Kier molecular flexibility index (Phi) is 3.28. The lowest BCUT2D eigenvalue weighted by Crippen LogP contribution is -2.44. The molecule has 1 saturated heterocycles. The number of nitrogens with zero attached hydrogens (tertiary/aromatic N) is 2. The summed E-state index contributed by atoms with van der Waals surface area (Å²) in [7, 11) is 0. The van der Waals surface area contributed by atoms with Crippen LogP contribution in [0.25, 0.3) is 0 Å². The molecule has 92 valence electrons. The van der Waals surface area contributed by atoms with Gasteiger partial charge in [-0.2, -0.15) is 0 Å². The van der Waals surface area contributed by atoms with E-state index in [4.69, 9.17) is 9.84 Å². The third-order valence-electron chi connectivity index (χ3n) is 2.94. The maximum atomic E-state index is 10.8. The number of carbonyl (C=O) groups is 1. The van der Waals surface area contributed by atoms with E-state index in [1.807, 2.05) is 6.92 Å². The Hall–Kier alpha value is -1.62. The second-order valence-corrected chi connectivity index (χ2v) is 4.29. The lowest BCUT2D eigenvalue weighted by atomic mass is 10.1. The lowest BCUT2D eigenvalue weighted by molar-refractivity contribution is 0.0696. The summed E-state index contributed by atoms with van der Waals surface area (Å²) in [5.41, 5.74) is 1.12. The van der Waals surface area contributed by atoms with Gasteiger partial charge in [0, 0.05) is 12.7 Å². The molecule has 1 atom stereocenters. The number of pyridine rings is 1. The normalized spacial score (nSPS) is 20.4. The molecule has 0 spiro atoms. The van der Waals surface area contributed by atoms with Crippen molar-refractivity contribution in [3.8, 4) is 0 Å². The van der Waals surface area contributed by atoms with Gasteiger partial charge in [0.1, 0.15) is 5.82 Å². The Morgan fingerprint density at radius 1 is 1.65 bits per heavy atom. The SMILES string of the molecule is Cc1cc(C(=O)O)cnc1N1CCOCC1C. The molecular formula is C12H16N2O3. The summed E-state index contributed by atoms with van der Waals surface area (Å²) in [6.07, 6.45) is 1.41. The summed E-state index contributed by atoms with van der Waals surface area (Å²) in [5, 5.41) is 8.89. The minimum atomic E-state index is -0.942. The Labute approximate surface area is 100 Å². The summed E-state index contributed by atoms with van der Waals surface area (Å²) in [5.74, 6) is -0.0898. The number of carboxylic acids is 1. The fourth-order valence-electron chi connectivity index (χ4n) is 2.03. The van der Waals surface area contributed by atoms with Crippen LogP contribution in [-0.2, 0) is 4.74 Å². The van der Waals surface area contributed by atoms with Crippen molar-refractivity contribution in [3.63, 3.8) is 0 Å². The van der Waals surface area contributed by atoms with Gasteiger partial charge in [-0.15, -0.1) is 0 Å². The number of morpholine rings is 1. The minimum Gasteiger partial charge on any atom is -0.478 e. The van der Waals surface area contributed by atoms with Crippen LogP contribution in [0.1, 0.15) is 22.8 Å². The van der Waals surface area contributed by atoms with Crippen LogP contribution in [0.2, 0.25) is 0 Å². The number of carboxylic acid groups (broad SMARTS) is 1. The number of aryl methyl sites for hydroxylation is 1. The first-order valence-corrected chi connectivity index (χ1v) is 5.64. The zero-order valence-electron chi connectivity index (χ0n) is 10.0. The highest BCUT2D eigenvalue weighted by atomic mass is 16.5. The Bertz CT molecular complexity index is 434. The van der Waals surface area contributed by atoms with Crippen molar-refractivity contribution in [1.29, 1.82) is 0 Å². The zero-order valence-corrected chi connectivity index (χ0v) is 10.0. The summed E-state index contributed by atoms with van der Waals surface area (Å²) in [6, 6.07) is 1.93. The molecule has 0 amide bonds. The highest BCUT2D eigenvalue weighted by molar-refractivity contribution is 5.87. The van der Waals surface area contributed by atoms with Crippen molar-refractivity contribution >= 4 is 11.8 Å². The third-order valence-corrected chi connectivity index (χ3v) is 2.94. The van der Waals surface area contributed by atoms with Gasteiger partial charge in [-0.1, -0.05) is 0 Å². The van der Waals surface area contributed by atoms with Crippen molar-refractivity contribution < 1.29 is 14.6 Å². The monoisotopic (exact) mass is 236 g/mol. The van der Waals surface area contributed by atoms with Crippen LogP contribution in [0.3, 0.4) is 0 Å². The van der Waals surface area contributed by atoms with Gasteiger partial charge in [-0.05, 0) is 25.5 Å². The second kappa shape index (κ2) is 4.71. The Balaban J connectivity index is 2.29. The van der Waals surface area contributed by atoms with E-state index in [0.29, 0.717) is 13.2 Å². The van der Waals surface area contributed by atoms with Crippen molar-refractivity contribution in [2.75, 3.05) is 24.7 Å². The highest BCUT2D eigenvalue weighted by Crippen LogP contribution is 2.21. The lowest BCUT2D eigenvalue weighted by Gasteiger charge is -2.35. The van der Waals surface area contributed by atoms with E-state index >= 15 is 0 Å². The van der Waals surface area contributed by atoms with E-state index in [2.05, 4.69) is 16.8 Å². The van der Waals surface area contributed by atoms with Gasteiger partial charge in [0.2, 0.25) is 0 Å². The van der Waals surface area contributed by atoms with Gasteiger partial charge in [-0.25, -0.2) is 9.78 Å². The van der Waals surface area contributed by atoms with Gasteiger partial charge in [-0.3, -0.25) is 0 Å². The average molecular weight is 236 g/mol. The molecule has 1 aliphatic rings. The summed E-state index contributed by atoms with van der Waals surface area (Å²) < 4.78 is 5.37. The predicted octanol–water partition coefficient (Wildman–Crippen LogP) is 1.31. The van der Waals surface area contributed by atoms with Crippen molar-refractivity contribution in [2.24, 2.45) is 0 Å². The molecular weight excluding hydrogens is 220 g/mol. The number of anilines is 1. The molecule has 2 heterocycles. The molecule has 1 aromatic heterocycles. The maximum Gasteiger partial charge on any atom is 0.337 e. The highest BCUT2D eigenvalue weighted by Gasteiger charge is 2.22. The topological polar surface area (TPSA) is 62.7 Å². The van der Waals surface area contributed by atoms with E-state index in [1.165, 1.54) is 6.20 Å². The van der Waals surface area contributed by atoms with Crippen LogP contribution in [0.15, 0.2) is 12.3 Å². The number of ether oxygens (including phenoxy) is 1. The molecule has 1 unspecified atom stereocenters. The smallest absolute Gasteiger partial charge is 0.337 e. The Morgan fingerprint density at radius 3 is 3.00 bits per heavy atom. The van der Waals surface area contributed by atoms with E-state index < -0.39 is 5.97 Å². The molecule has 1 aliphatic heterocycles. The quantitative estimate of drug-likeness (QED) is 0.839. The van der Waals surface area contributed by atoms with Crippen LogP contribution < -0.4 is 4.90 Å². The third kappa shape index (κ3) is 2.39. The molecule has 2 rings (SSSR count). The minimum absolute atomic E-state index is 0.229. The predicted molar refractivity (Wildman–Crippen MR) is 63.6 cm³/mol. The number of rotatable bonds is 2. The summed E-state index contributed by atoms with van der Waals surface area (Å²) in [6.45, 7) is 6.12. The van der Waals surface area contributed by atoms with Gasteiger partial charge >= 0.3 is 5.97 Å². The van der Waals surface area contributed by atoms with Gasteiger partial charge in [0.05, 0.1) is 24.8 Å². The first-order chi connectivity index (χ1) is 8.09. The van der Waals surface area contributed by atoms with Crippen LogP contribution in [-0.4, -0.2) is 41.9 Å². The first kappa shape index (κ1) is 11.9. The van der Waals surface area contributed by atoms with Crippen molar-refractivity contribution in [1.82, 2.24) is 4.98 Å².